The van der Waals surface area contributed by atoms with Gasteiger partial charge in [-0.05, 0) is 66.7 Å². The molecule has 0 radical (unpaired) electrons. The lowest BCUT2D eigenvalue weighted by Crippen LogP contribution is -2.28. The average Bonchev–Trinajstić information content (AvgIpc) is 2.96. The Labute approximate surface area is 166 Å². The maximum absolute atomic E-state index is 12.7. The molecule has 1 heterocycles. The number of carbonyl (C=O) groups is 1. The minimum absolute atomic E-state index is 0.0186. The number of nitriles is 1. The lowest BCUT2D eigenvalue weighted by atomic mass is 10.2. The summed E-state index contributed by atoms with van der Waals surface area (Å²) in [6, 6.07) is 16.4. The molecule has 1 saturated heterocycles. The zero-order valence-corrected chi connectivity index (χ0v) is 16.1. The zero-order chi connectivity index (χ0) is 19.2. The van der Waals surface area contributed by atoms with E-state index in [4.69, 9.17) is 21.6 Å². The van der Waals surface area contributed by atoms with Gasteiger partial charge in [0.05, 0.1) is 10.6 Å². The summed E-state index contributed by atoms with van der Waals surface area (Å²) in [6.45, 7) is 2.42. The standard InChI is InChI=1S/C20H16ClN3O2S/c1-2-24-19(25)18(13-14-4-3-5-17(12-14)26-11-10-22)27-20(24)23-16-8-6-15(21)7-9-16/h3-9,12-13H,2,11H2,1H3/b18-13+,23-20?. The smallest absolute Gasteiger partial charge is 0.266 e. The van der Waals surface area contributed by atoms with E-state index in [1.54, 1.807) is 35.2 Å². The van der Waals surface area contributed by atoms with Crippen molar-refractivity contribution in [2.75, 3.05) is 13.2 Å². The fourth-order valence-electron chi connectivity index (χ4n) is 2.46. The molecule has 3 rings (SSSR count). The molecule has 27 heavy (non-hydrogen) atoms. The number of thioether (sulfide) groups is 1. The predicted octanol–water partition coefficient (Wildman–Crippen LogP) is 4.87. The Balaban J connectivity index is 1.87. The molecule has 0 bridgehead atoms. The van der Waals surface area contributed by atoms with Gasteiger partial charge in [-0.25, -0.2) is 4.99 Å². The van der Waals surface area contributed by atoms with E-state index < -0.39 is 0 Å². The molecule has 0 N–H and O–H groups in total. The molecule has 1 aliphatic heterocycles. The first kappa shape index (κ1) is 19.0. The van der Waals surface area contributed by atoms with Crippen molar-refractivity contribution in [3.63, 3.8) is 0 Å². The van der Waals surface area contributed by atoms with Crippen molar-refractivity contribution in [2.45, 2.75) is 6.92 Å². The van der Waals surface area contributed by atoms with Crippen LogP contribution in [0.15, 0.2) is 58.4 Å². The van der Waals surface area contributed by atoms with Gasteiger partial charge in [0.15, 0.2) is 11.8 Å². The van der Waals surface area contributed by atoms with E-state index in [1.807, 2.05) is 37.3 Å². The van der Waals surface area contributed by atoms with Crippen LogP contribution in [-0.4, -0.2) is 29.1 Å². The second kappa shape index (κ2) is 8.76. The Bertz CT molecular complexity index is 948. The van der Waals surface area contributed by atoms with Crippen LogP contribution < -0.4 is 4.74 Å². The van der Waals surface area contributed by atoms with Gasteiger partial charge in [0.2, 0.25) is 0 Å². The van der Waals surface area contributed by atoms with Crippen LogP contribution >= 0.6 is 23.4 Å². The number of aliphatic imine (C=N–C) groups is 1. The number of carbonyl (C=O) groups excluding carboxylic acids is 1. The second-order valence-electron chi connectivity index (χ2n) is 5.55. The fourth-order valence-corrected chi connectivity index (χ4v) is 3.65. The van der Waals surface area contributed by atoms with Crippen molar-refractivity contribution in [1.29, 1.82) is 5.26 Å². The third kappa shape index (κ3) is 4.70. The molecule has 0 atom stereocenters. The predicted molar refractivity (Wildman–Crippen MR) is 109 cm³/mol. The fraction of sp³-hybridized carbons (Fsp3) is 0.150. The molecule has 0 saturated carbocycles. The van der Waals surface area contributed by atoms with Gasteiger partial charge in [0, 0.05) is 11.6 Å². The number of rotatable bonds is 5. The summed E-state index contributed by atoms with van der Waals surface area (Å²) in [4.78, 5) is 19.5. The van der Waals surface area contributed by atoms with Gasteiger partial charge in [-0.3, -0.25) is 9.69 Å². The second-order valence-corrected chi connectivity index (χ2v) is 7.00. The number of hydrogen-bond acceptors (Lipinski definition) is 5. The zero-order valence-electron chi connectivity index (χ0n) is 14.6. The normalized spacial score (nSPS) is 16.8. The molecule has 0 unspecified atom stereocenters. The quantitative estimate of drug-likeness (QED) is 0.675. The highest BCUT2D eigenvalue weighted by Gasteiger charge is 2.32. The van der Waals surface area contributed by atoms with Crippen LogP contribution in [0, 0.1) is 11.3 Å². The highest BCUT2D eigenvalue weighted by molar-refractivity contribution is 8.18. The number of amides is 1. The Morgan fingerprint density at radius 3 is 2.78 bits per heavy atom. The van der Waals surface area contributed by atoms with Gasteiger partial charge >= 0.3 is 0 Å². The largest absolute Gasteiger partial charge is 0.479 e. The van der Waals surface area contributed by atoms with E-state index in [9.17, 15) is 4.79 Å². The molecule has 5 nitrogen and oxygen atoms in total. The number of hydrogen-bond donors (Lipinski definition) is 0. The van der Waals surface area contributed by atoms with Crippen LogP contribution in [0.3, 0.4) is 0 Å². The van der Waals surface area contributed by atoms with Crippen molar-refractivity contribution in [2.24, 2.45) is 4.99 Å². The maximum Gasteiger partial charge on any atom is 0.266 e. The van der Waals surface area contributed by atoms with Crippen LogP contribution in [0.4, 0.5) is 5.69 Å². The van der Waals surface area contributed by atoms with Gasteiger partial charge in [0.1, 0.15) is 11.8 Å². The van der Waals surface area contributed by atoms with Gasteiger partial charge < -0.3 is 4.74 Å². The number of ether oxygens (including phenoxy) is 1. The minimum Gasteiger partial charge on any atom is -0.479 e. The number of amidine groups is 1. The van der Waals surface area contributed by atoms with Crippen LogP contribution in [0.25, 0.3) is 6.08 Å². The van der Waals surface area contributed by atoms with Crippen molar-refractivity contribution in [3.05, 3.63) is 64.0 Å². The molecule has 2 aromatic rings. The van der Waals surface area contributed by atoms with E-state index in [0.29, 0.717) is 27.4 Å². The van der Waals surface area contributed by atoms with Crippen molar-refractivity contribution in [1.82, 2.24) is 4.90 Å². The lowest BCUT2D eigenvalue weighted by molar-refractivity contribution is -0.122. The molecule has 7 heteroatoms. The van der Waals surface area contributed by atoms with Crippen molar-refractivity contribution >= 4 is 46.2 Å². The maximum atomic E-state index is 12.7. The first-order valence-corrected chi connectivity index (χ1v) is 9.45. The minimum atomic E-state index is -0.0847. The molecule has 0 aromatic heterocycles. The third-order valence-corrected chi connectivity index (χ3v) is 4.97. The van der Waals surface area contributed by atoms with Crippen LogP contribution in [0.5, 0.6) is 5.75 Å². The molecular formula is C20H16ClN3O2S. The molecule has 0 spiro atoms. The first-order chi connectivity index (χ1) is 13.1. The topological polar surface area (TPSA) is 65.7 Å². The molecule has 2 aromatic carbocycles. The van der Waals surface area contributed by atoms with Gasteiger partial charge in [-0.2, -0.15) is 5.26 Å². The van der Waals surface area contributed by atoms with Gasteiger partial charge in [0.25, 0.3) is 5.91 Å². The number of nitrogens with zero attached hydrogens (tertiary/aromatic N) is 3. The molecule has 1 amide bonds. The Kier molecular flexibility index (Phi) is 6.17. The van der Waals surface area contributed by atoms with Crippen molar-refractivity contribution < 1.29 is 9.53 Å². The van der Waals surface area contributed by atoms with Crippen LogP contribution in [0.1, 0.15) is 12.5 Å². The summed E-state index contributed by atoms with van der Waals surface area (Å²) in [5.74, 6) is 0.502. The summed E-state index contributed by atoms with van der Waals surface area (Å²) >= 11 is 7.24. The number of likely N-dealkylation sites (N-methyl/N-ethyl adjacent to an activating group) is 1. The Morgan fingerprint density at radius 2 is 2.07 bits per heavy atom. The SMILES string of the molecule is CCN1C(=O)/C(=C\c2cccc(OCC#N)c2)SC1=Nc1ccc(Cl)cc1. The number of halogens is 1. The average molecular weight is 398 g/mol. The summed E-state index contributed by atoms with van der Waals surface area (Å²) in [5.41, 5.74) is 1.56. The van der Waals surface area contributed by atoms with Crippen LogP contribution in [0.2, 0.25) is 5.02 Å². The molecule has 1 aliphatic rings. The number of benzene rings is 2. The highest BCUT2D eigenvalue weighted by Crippen LogP contribution is 2.34. The molecule has 1 fully saturated rings. The third-order valence-electron chi connectivity index (χ3n) is 3.71. The van der Waals surface area contributed by atoms with Crippen LogP contribution in [-0.2, 0) is 4.79 Å². The molecular weight excluding hydrogens is 382 g/mol. The summed E-state index contributed by atoms with van der Waals surface area (Å²) < 4.78 is 5.31. The van der Waals surface area contributed by atoms with E-state index in [1.165, 1.54) is 11.8 Å². The summed E-state index contributed by atoms with van der Waals surface area (Å²) in [7, 11) is 0. The van der Waals surface area contributed by atoms with E-state index >= 15 is 0 Å². The molecule has 0 aliphatic carbocycles. The Morgan fingerprint density at radius 1 is 1.30 bits per heavy atom. The summed E-state index contributed by atoms with van der Waals surface area (Å²) in [5, 5.41) is 9.89. The van der Waals surface area contributed by atoms with Gasteiger partial charge in [-0.15, -0.1) is 0 Å². The highest BCUT2D eigenvalue weighted by atomic mass is 35.5. The Hall–Kier alpha value is -2.75. The van der Waals surface area contributed by atoms with Gasteiger partial charge in [-0.1, -0.05) is 23.7 Å². The van der Waals surface area contributed by atoms with Crippen molar-refractivity contribution in [3.8, 4) is 11.8 Å². The van der Waals surface area contributed by atoms with E-state index in [2.05, 4.69) is 4.99 Å². The molecule has 136 valence electrons. The lowest BCUT2D eigenvalue weighted by Gasteiger charge is -2.11. The summed E-state index contributed by atoms with van der Waals surface area (Å²) in [6.07, 6.45) is 1.80. The van der Waals surface area contributed by atoms with E-state index in [0.717, 1.165) is 11.3 Å². The monoisotopic (exact) mass is 397 g/mol. The van der Waals surface area contributed by atoms with E-state index in [-0.39, 0.29) is 12.5 Å². The first-order valence-electron chi connectivity index (χ1n) is 8.26.